The summed E-state index contributed by atoms with van der Waals surface area (Å²) >= 11 is 0. The minimum atomic E-state index is -0.256. The second kappa shape index (κ2) is 5.80. The van der Waals surface area contributed by atoms with Crippen LogP contribution in [0.3, 0.4) is 0 Å². The summed E-state index contributed by atoms with van der Waals surface area (Å²) in [6.45, 7) is 6.21. The van der Waals surface area contributed by atoms with E-state index >= 15 is 0 Å². The molecule has 1 atom stereocenters. The second-order valence-electron chi connectivity index (χ2n) is 4.32. The van der Waals surface area contributed by atoms with E-state index in [1.165, 1.54) is 0 Å². The molecule has 1 unspecified atom stereocenters. The largest absolute Gasteiger partial charge is 0.393 e. The average Bonchev–Trinajstić information content (AvgIpc) is 2.14. The summed E-state index contributed by atoms with van der Waals surface area (Å²) in [5.41, 5.74) is 1.55. The fourth-order valence-electron chi connectivity index (χ4n) is 1.76. The Labute approximate surface area is 96.0 Å². The number of nitrogens with zero attached hydrogens (tertiary/aromatic N) is 2. The van der Waals surface area contributed by atoms with Gasteiger partial charge in [-0.05, 0) is 46.1 Å². The van der Waals surface area contributed by atoms with Gasteiger partial charge in [0.25, 0.3) is 0 Å². The minimum Gasteiger partial charge on any atom is -0.393 e. The first-order valence-corrected chi connectivity index (χ1v) is 5.74. The molecule has 1 rings (SSSR count). The predicted octanol–water partition coefficient (Wildman–Crippen LogP) is 1.41. The van der Waals surface area contributed by atoms with Gasteiger partial charge in [-0.2, -0.15) is 4.98 Å². The highest BCUT2D eigenvalue weighted by atomic mass is 16.3. The van der Waals surface area contributed by atoms with Crippen molar-refractivity contribution >= 4 is 0 Å². The van der Waals surface area contributed by atoms with Gasteiger partial charge in [-0.25, -0.2) is 4.79 Å². The van der Waals surface area contributed by atoms with Crippen molar-refractivity contribution in [1.82, 2.24) is 9.55 Å². The van der Waals surface area contributed by atoms with Gasteiger partial charge in [-0.3, -0.25) is 4.57 Å². The Kier molecular flexibility index (Phi) is 4.68. The Morgan fingerprint density at radius 2 is 2.12 bits per heavy atom. The molecule has 0 amide bonds. The maximum absolute atomic E-state index is 11.6. The first kappa shape index (κ1) is 12.9. The molecule has 0 fully saturated rings. The van der Waals surface area contributed by atoms with Crippen LogP contribution in [0.2, 0.25) is 0 Å². The number of aliphatic hydroxyl groups is 1. The van der Waals surface area contributed by atoms with Crippen LogP contribution in [-0.4, -0.2) is 20.8 Å². The molecule has 16 heavy (non-hydrogen) atoms. The number of aliphatic hydroxyl groups excluding tert-OH is 1. The molecule has 0 aliphatic carbocycles. The third-order valence-corrected chi connectivity index (χ3v) is 2.60. The predicted molar refractivity (Wildman–Crippen MR) is 63.5 cm³/mol. The molecular weight excluding hydrogens is 204 g/mol. The number of hydrogen-bond donors (Lipinski definition) is 1. The Morgan fingerprint density at radius 1 is 1.44 bits per heavy atom. The smallest absolute Gasteiger partial charge is 0.347 e. The van der Waals surface area contributed by atoms with E-state index in [-0.39, 0.29) is 11.8 Å². The third-order valence-electron chi connectivity index (χ3n) is 2.60. The van der Waals surface area contributed by atoms with Crippen LogP contribution < -0.4 is 5.69 Å². The van der Waals surface area contributed by atoms with Crippen LogP contribution in [0.5, 0.6) is 0 Å². The molecule has 0 aliphatic heterocycles. The fourth-order valence-corrected chi connectivity index (χ4v) is 1.76. The lowest BCUT2D eigenvalue weighted by molar-refractivity contribution is 0.180. The second-order valence-corrected chi connectivity index (χ2v) is 4.32. The van der Waals surface area contributed by atoms with Crippen LogP contribution in [0.1, 0.15) is 37.6 Å². The maximum Gasteiger partial charge on any atom is 0.347 e. The van der Waals surface area contributed by atoms with Gasteiger partial charge in [0.05, 0.1) is 6.10 Å². The summed E-state index contributed by atoms with van der Waals surface area (Å²) in [4.78, 5) is 15.5. The number of rotatable bonds is 5. The lowest BCUT2D eigenvalue weighted by Gasteiger charge is -2.09. The number of unbranched alkanes of at least 4 members (excludes halogenated alkanes) is 1. The summed E-state index contributed by atoms with van der Waals surface area (Å²) < 4.78 is 1.69. The van der Waals surface area contributed by atoms with E-state index < -0.39 is 0 Å². The van der Waals surface area contributed by atoms with Gasteiger partial charge >= 0.3 is 5.69 Å². The van der Waals surface area contributed by atoms with E-state index in [2.05, 4.69) is 4.98 Å². The number of aryl methyl sites for hydroxylation is 2. The van der Waals surface area contributed by atoms with Gasteiger partial charge in [0.1, 0.15) is 0 Å². The maximum atomic E-state index is 11.6. The first-order valence-electron chi connectivity index (χ1n) is 5.74. The van der Waals surface area contributed by atoms with E-state index in [9.17, 15) is 4.79 Å². The van der Waals surface area contributed by atoms with Crippen LogP contribution >= 0.6 is 0 Å². The molecule has 0 aromatic carbocycles. The summed E-state index contributed by atoms with van der Waals surface area (Å²) in [5, 5.41) is 9.11. The van der Waals surface area contributed by atoms with E-state index in [4.69, 9.17) is 5.11 Å². The summed E-state index contributed by atoms with van der Waals surface area (Å²) in [5.74, 6) is 0. The van der Waals surface area contributed by atoms with E-state index in [0.29, 0.717) is 6.54 Å². The van der Waals surface area contributed by atoms with Crippen molar-refractivity contribution in [2.75, 3.05) is 0 Å². The average molecular weight is 224 g/mol. The minimum absolute atomic E-state index is 0.172. The van der Waals surface area contributed by atoms with Gasteiger partial charge in [0.15, 0.2) is 0 Å². The van der Waals surface area contributed by atoms with E-state index in [1.54, 1.807) is 11.5 Å². The highest BCUT2D eigenvalue weighted by Gasteiger charge is 2.03. The SMILES string of the molecule is Cc1cc(C)n(CCCCC(C)O)c(=O)n1. The van der Waals surface area contributed by atoms with Crippen molar-refractivity contribution < 1.29 is 5.11 Å². The van der Waals surface area contributed by atoms with Crippen molar-refractivity contribution in [3.8, 4) is 0 Å². The fraction of sp³-hybridized carbons (Fsp3) is 0.667. The monoisotopic (exact) mass is 224 g/mol. The zero-order valence-electron chi connectivity index (χ0n) is 10.2. The van der Waals surface area contributed by atoms with Gasteiger partial charge in [0, 0.05) is 17.9 Å². The molecule has 4 heteroatoms. The van der Waals surface area contributed by atoms with Gasteiger partial charge < -0.3 is 5.11 Å². The molecular formula is C12H20N2O2. The van der Waals surface area contributed by atoms with Crippen LogP contribution in [-0.2, 0) is 6.54 Å². The Hall–Kier alpha value is -1.16. The van der Waals surface area contributed by atoms with Crippen molar-refractivity contribution in [3.05, 3.63) is 27.9 Å². The first-order chi connectivity index (χ1) is 7.50. The van der Waals surface area contributed by atoms with Crippen molar-refractivity contribution in [2.24, 2.45) is 0 Å². The molecule has 1 heterocycles. The standard InChI is InChI=1S/C12H20N2O2/c1-9-8-10(2)14(12(16)13-9)7-5-4-6-11(3)15/h8,11,15H,4-7H2,1-3H3. The Morgan fingerprint density at radius 3 is 2.69 bits per heavy atom. The normalized spacial score (nSPS) is 12.8. The Bertz CT molecular complexity index is 396. The highest BCUT2D eigenvalue weighted by molar-refractivity contribution is 5.06. The van der Waals surface area contributed by atoms with E-state index in [1.807, 2.05) is 19.9 Å². The molecule has 1 aromatic heterocycles. The molecule has 0 saturated carbocycles. The molecule has 0 saturated heterocycles. The van der Waals surface area contributed by atoms with Crippen molar-refractivity contribution in [3.63, 3.8) is 0 Å². The zero-order chi connectivity index (χ0) is 12.1. The molecule has 0 radical (unpaired) electrons. The van der Waals surface area contributed by atoms with Crippen LogP contribution in [0, 0.1) is 13.8 Å². The van der Waals surface area contributed by atoms with Gasteiger partial charge in [0.2, 0.25) is 0 Å². The van der Waals surface area contributed by atoms with Crippen LogP contribution in [0.4, 0.5) is 0 Å². The summed E-state index contributed by atoms with van der Waals surface area (Å²) in [6, 6.07) is 1.91. The lowest BCUT2D eigenvalue weighted by atomic mass is 10.2. The van der Waals surface area contributed by atoms with Crippen LogP contribution in [0.15, 0.2) is 10.9 Å². The highest BCUT2D eigenvalue weighted by Crippen LogP contribution is 2.03. The third kappa shape index (κ3) is 3.77. The molecule has 90 valence electrons. The molecule has 0 spiro atoms. The topological polar surface area (TPSA) is 55.1 Å². The molecule has 0 bridgehead atoms. The number of aromatic nitrogens is 2. The Balaban J connectivity index is 2.57. The summed E-state index contributed by atoms with van der Waals surface area (Å²) in [6.07, 6.45) is 2.36. The van der Waals surface area contributed by atoms with Crippen LogP contribution in [0.25, 0.3) is 0 Å². The number of hydrogen-bond acceptors (Lipinski definition) is 3. The molecule has 1 N–H and O–H groups in total. The zero-order valence-corrected chi connectivity index (χ0v) is 10.2. The van der Waals surface area contributed by atoms with Gasteiger partial charge in [-0.1, -0.05) is 0 Å². The molecule has 4 nitrogen and oxygen atoms in total. The van der Waals surface area contributed by atoms with E-state index in [0.717, 1.165) is 30.7 Å². The summed E-state index contributed by atoms with van der Waals surface area (Å²) in [7, 11) is 0. The van der Waals surface area contributed by atoms with Crippen molar-refractivity contribution in [2.45, 2.75) is 52.7 Å². The van der Waals surface area contributed by atoms with Gasteiger partial charge in [-0.15, -0.1) is 0 Å². The quantitative estimate of drug-likeness (QED) is 0.769. The molecule has 1 aromatic rings. The van der Waals surface area contributed by atoms with Crippen molar-refractivity contribution in [1.29, 1.82) is 0 Å². The lowest BCUT2D eigenvalue weighted by Crippen LogP contribution is -2.25. The molecule has 0 aliphatic rings.